The molecule has 0 heterocycles. The van der Waals surface area contributed by atoms with Crippen LogP contribution in [0.15, 0.2) is 0 Å². The molecule has 0 aliphatic rings. The van der Waals surface area contributed by atoms with Gasteiger partial charge in [0.25, 0.3) is 10.2 Å². The normalized spacial score (nSPS) is 11.7. The maximum Gasteiger partial charge on any atom is 0.306 e. The van der Waals surface area contributed by atoms with E-state index in [1.807, 2.05) is 0 Å². The first-order valence-corrected chi connectivity index (χ1v) is 5.26. The molecular weight excluding hydrogens is 196 g/mol. The van der Waals surface area contributed by atoms with Crippen LogP contribution in [0.4, 0.5) is 0 Å². The highest BCUT2D eigenvalue weighted by Gasteiger charge is 2.15. The van der Waals surface area contributed by atoms with E-state index in [0.29, 0.717) is 0 Å². The van der Waals surface area contributed by atoms with Crippen LogP contribution in [0.5, 0.6) is 0 Å². The fraction of sp³-hybridized carbons (Fsp3) is 0.833. The minimum atomic E-state index is -3.69. The fourth-order valence-corrected chi connectivity index (χ4v) is 1.49. The van der Waals surface area contributed by atoms with Crippen molar-refractivity contribution in [2.75, 3.05) is 20.2 Å². The Bertz CT molecular complexity index is 262. The van der Waals surface area contributed by atoms with Crippen molar-refractivity contribution >= 4 is 16.2 Å². The molecule has 0 spiro atoms. The molecule has 0 radical (unpaired) electrons. The van der Waals surface area contributed by atoms with Gasteiger partial charge in [0.2, 0.25) is 0 Å². The lowest BCUT2D eigenvalue weighted by atomic mass is 10.4. The summed E-state index contributed by atoms with van der Waals surface area (Å²) in [6, 6.07) is 0. The Hall–Kier alpha value is -0.660. The third-order valence-corrected chi connectivity index (χ3v) is 2.67. The summed E-state index contributed by atoms with van der Waals surface area (Å²) in [6.45, 7) is 1.94. The van der Waals surface area contributed by atoms with Crippen molar-refractivity contribution in [1.82, 2.24) is 4.31 Å². The van der Waals surface area contributed by atoms with Gasteiger partial charge in [0.1, 0.15) is 0 Å². The lowest BCUT2D eigenvalue weighted by Gasteiger charge is -2.15. The van der Waals surface area contributed by atoms with Gasteiger partial charge in [-0.2, -0.15) is 12.7 Å². The smallest absolute Gasteiger partial charge is 0.306 e. The summed E-state index contributed by atoms with van der Waals surface area (Å²) >= 11 is 0. The van der Waals surface area contributed by atoms with Crippen molar-refractivity contribution in [2.24, 2.45) is 5.14 Å². The summed E-state index contributed by atoms with van der Waals surface area (Å²) in [5.74, 6) is -0.456. The van der Waals surface area contributed by atoms with Crippen LogP contribution in [0.2, 0.25) is 0 Å². The second-order valence-electron chi connectivity index (χ2n) is 2.36. The van der Waals surface area contributed by atoms with E-state index in [9.17, 15) is 13.2 Å². The highest BCUT2D eigenvalue weighted by atomic mass is 32.2. The summed E-state index contributed by atoms with van der Waals surface area (Å²) in [7, 11) is -2.45. The molecular formula is C6H14N2O4S. The summed E-state index contributed by atoms with van der Waals surface area (Å²) in [5, 5.41) is 4.86. The Morgan fingerprint density at radius 3 is 2.38 bits per heavy atom. The number of carbonyl (C=O) groups is 1. The molecule has 0 aromatic rings. The molecule has 13 heavy (non-hydrogen) atoms. The van der Waals surface area contributed by atoms with Gasteiger partial charge in [0.05, 0.1) is 13.5 Å². The molecule has 0 aromatic heterocycles. The molecule has 7 heteroatoms. The number of rotatable bonds is 5. The molecule has 0 fully saturated rings. The van der Waals surface area contributed by atoms with Gasteiger partial charge in [-0.25, -0.2) is 5.14 Å². The van der Waals surface area contributed by atoms with Crippen LogP contribution in [0.25, 0.3) is 0 Å². The topological polar surface area (TPSA) is 89.7 Å². The van der Waals surface area contributed by atoms with Crippen molar-refractivity contribution in [3.8, 4) is 0 Å². The quantitative estimate of drug-likeness (QED) is 0.594. The van der Waals surface area contributed by atoms with Gasteiger partial charge in [-0.15, -0.1) is 0 Å². The average molecular weight is 210 g/mol. The van der Waals surface area contributed by atoms with Crippen LogP contribution in [-0.2, 0) is 19.7 Å². The minimum Gasteiger partial charge on any atom is -0.469 e. The fourth-order valence-electron chi connectivity index (χ4n) is 0.783. The van der Waals surface area contributed by atoms with E-state index in [-0.39, 0.29) is 19.5 Å². The molecule has 0 unspecified atom stereocenters. The number of ether oxygens (including phenoxy) is 1. The van der Waals surface area contributed by atoms with Crippen LogP contribution in [-0.4, -0.2) is 38.9 Å². The molecule has 0 aliphatic carbocycles. The number of esters is 1. The first kappa shape index (κ1) is 12.3. The van der Waals surface area contributed by atoms with Crippen LogP contribution in [0, 0.1) is 0 Å². The molecule has 6 nitrogen and oxygen atoms in total. The van der Waals surface area contributed by atoms with Crippen molar-refractivity contribution in [2.45, 2.75) is 13.3 Å². The second-order valence-corrected chi connectivity index (χ2v) is 3.91. The zero-order valence-electron chi connectivity index (χ0n) is 7.69. The predicted molar refractivity (Wildman–Crippen MR) is 47.0 cm³/mol. The minimum absolute atomic E-state index is 0.0147. The standard InChI is InChI=1S/C6H14N2O4S/c1-3-8(13(7,10)11)5-4-6(9)12-2/h3-5H2,1-2H3,(H2,7,10,11). The van der Waals surface area contributed by atoms with Gasteiger partial charge in [-0.3, -0.25) is 4.79 Å². The molecule has 0 rings (SSSR count). The van der Waals surface area contributed by atoms with E-state index in [2.05, 4.69) is 4.74 Å². The number of methoxy groups -OCH3 is 1. The third kappa shape index (κ3) is 4.81. The van der Waals surface area contributed by atoms with E-state index < -0.39 is 16.2 Å². The van der Waals surface area contributed by atoms with Crippen LogP contribution in [0.3, 0.4) is 0 Å². The Balaban J connectivity index is 4.09. The van der Waals surface area contributed by atoms with Gasteiger partial charge in [-0.05, 0) is 0 Å². The molecule has 0 bridgehead atoms. The van der Waals surface area contributed by atoms with Crippen LogP contribution >= 0.6 is 0 Å². The molecule has 0 atom stereocenters. The Morgan fingerprint density at radius 2 is 2.08 bits per heavy atom. The van der Waals surface area contributed by atoms with Crippen LogP contribution in [0.1, 0.15) is 13.3 Å². The predicted octanol–water partition coefficient (Wildman–Crippen LogP) is -0.925. The first-order chi connectivity index (χ1) is 5.91. The number of carbonyl (C=O) groups excluding carboxylic acids is 1. The number of nitrogens with zero attached hydrogens (tertiary/aromatic N) is 1. The summed E-state index contributed by atoms with van der Waals surface area (Å²) in [5.41, 5.74) is 0. The van der Waals surface area contributed by atoms with Crippen LogP contribution < -0.4 is 5.14 Å². The number of hydrogen-bond acceptors (Lipinski definition) is 4. The van der Waals surface area contributed by atoms with Gasteiger partial charge >= 0.3 is 5.97 Å². The Kier molecular flexibility index (Phi) is 4.89. The molecule has 0 saturated heterocycles. The largest absolute Gasteiger partial charge is 0.469 e. The number of nitrogens with two attached hydrogens (primary N) is 1. The molecule has 0 amide bonds. The van der Waals surface area contributed by atoms with Crippen molar-refractivity contribution < 1.29 is 17.9 Å². The summed E-state index contributed by atoms with van der Waals surface area (Å²) in [6.07, 6.45) is 0.0147. The zero-order valence-corrected chi connectivity index (χ0v) is 8.50. The van der Waals surface area contributed by atoms with Crippen molar-refractivity contribution in [1.29, 1.82) is 0 Å². The lowest BCUT2D eigenvalue weighted by molar-refractivity contribution is -0.140. The van der Waals surface area contributed by atoms with E-state index in [1.165, 1.54) is 7.11 Å². The third-order valence-electron chi connectivity index (χ3n) is 1.51. The SMILES string of the molecule is CCN(CCC(=O)OC)S(N)(=O)=O. The molecule has 0 aromatic carbocycles. The molecule has 0 saturated carbocycles. The van der Waals surface area contributed by atoms with E-state index >= 15 is 0 Å². The monoisotopic (exact) mass is 210 g/mol. The van der Waals surface area contributed by atoms with Gasteiger partial charge < -0.3 is 4.74 Å². The van der Waals surface area contributed by atoms with Gasteiger partial charge in [0.15, 0.2) is 0 Å². The van der Waals surface area contributed by atoms with Crippen molar-refractivity contribution in [3.05, 3.63) is 0 Å². The average Bonchev–Trinajstić information content (AvgIpc) is 2.02. The van der Waals surface area contributed by atoms with Gasteiger partial charge in [-0.1, -0.05) is 6.92 Å². The maximum atomic E-state index is 10.8. The first-order valence-electron chi connectivity index (χ1n) is 3.76. The Morgan fingerprint density at radius 1 is 1.54 bits per heavy atom. The molecule has 78 valence electrons. The van der Waals surface area contributed by atoms with E-state index in [1.54, 1.807) is 6.92 Å². The van der Waals surface area contributed by atoms with E-state index in [4.69, 9.17) is 5.14 Å². The molecule has 0 aliphatic heterocycles. The van der Waals surface area contributed by atoms with E-state index in [0.717, 1.165) is 4.31 Å². The second kappa shape index (κ2) is 5.15. The Labute approximate surface area is 77.8 Å². The zero-order chi connectivity index (χ0) is 10.5. The highest BCUT2D eigenvalue weighted by molar-refractivity contribution is 7.86. The highest BCUT2D eigenvalue weighted by Crippen LogP contribution is 1.96. The summed E-state index contributed by atoms with van der Waals surface area (Å²) < 4.78 is 27.0. The summed E-state index contributed by atoms with van der Waals surface area (Å²) in [4.78, 5) is 10.7. The molecule has 2 N–H and O–H groups in total. The lowest BCUT2D eigenvalue weighted by Crippen LogP contribution is -2.37. The number of hydrogen-bond donors (Lipinski definition) is 1. The maximum absolute atomic E-state index is 10.8. The van der Waals surface area contributed by atoms with Gasteiger partial charge in [0, 0.05) is 13.1 Å². The van der Waals surface area contributed by atoms with Crippen molar-refractivity contribution in [3.63, 3.8) is 0 Å².